The number of nitrogens with zero attached hydrogens (tertiary/aromatic N) is 2. The lowest BCUT2D eigenvalue weighted by atomic mass is 10.5. The predicted molar refractivity (Wildman–Crippen MR) is 44.1 cm³/mol. The lowest BCUT2D eigenvalue weighted by Gasteiger charge is -2.11. The zero-order chi connectivity index (χ0) is 8.85. The molecule has 0 fully saturated rings. The predicted octanol–water partition coefficient (Wildman–Crippen LogP) is -0.278. The highest BCUT2D eigenvalue weighted by Crippen LogP contribution is 1.83. The number of amides is 2. The summed E-state index contributed by atoms with van der Waals surface area (Å²) in [7, 11) is 1.48. The van der Waals surface area contributed by atoms with Gasteiger partial charge in [-0.05, 0) is 6.42 Å². The SMILES string of the molecule is CCCN=C(N)N(C)C(N)=O. The first-order valence-electron chi connectivity index (χ1n) is 3.42. The number of hydrogen-bond donors (Lipinski definition) is 2. The Morgan fingerprint density at radius 2 is 2.09 bits per heavy atom. The number of aliphatic imine (C=N–C) groups is 1. The number of urea groups is 1. The maximum absolute atomic E-state index is 10.5. The molecule has 2 amide bonds. The van der Waals surface area contributed by atoms with E-state index in [9.17, 15) is 4.79 Å². The molecule has 0 saturated heterocycles. The Hall–Kier alpha value is -1.26. The van der Waals surface area contributed by atoms with Crippen molar-refractivity contribution in [3.8, 4) is 0 Å². The van der Waals surface area contributed by atoms with E-state index in [0.29, 0.717) is 6.54 Å². The van der Waals surface area contributed by atoms with Gasteiger partial charge < -0.3 is 11.5 Å². The first-order valence-corrected chi connectivity index (χ1v) is 3.42. The molecule has 64 valence electrons. The Morgan fingerprint density at radius 1 is 1.55 bits per heavy atom. The molecule has 0 radical (unpaired) electrons. The van der Waals surface area contributed by atoms with Crippen molar-refractivity contribution in [3.63, 3.8) is 0 Å². The minimum absolute atomic E-state index is 0.166. The third-order valence-electron chi connectivity index (χ3n) is 1.17. The minimum Gasteiger partial charge on any atom is -0.369 e. The van der Waals surface area contributed by atoms with E-state index in [1.54, 1.807) is 0 Å². The monoisotopic (exact) mass is 158 g/mol. The molecule has 0 bridgehead atoms. The summed E-state index contributed by atoms with van der Waals surface area (Å²) in [5.41, 5.74) is 10.3. The largest absolute Gasteiger partial charge is 0.369 e. The molecule has 4 N–H and O–H groups in total. The fraction of sp³-hybridized carbons (Fsp3) is 0.667. The van der Waals surface area contributed by atoms with Gasteiger partial charge in [-0.25, -0.2) is 4.79 Å². The molecule has 0 aliphatic carbocycles. The molecule has 0 unspecified atom stereocenters. The summed E-state index contributed by atoms with van der Waals surface area (Å²) in [5, 5.41) is 0. The van der Waals surface area contributed by atoms with Gasteiger partial charge in [0.05, 0.1) is 0 Å². The Bertz CT molecular complexity index is 166. The van der Waals surface area contributed by atoms with Gasteiger partial charge in [0.2, 0.25) is 0 Å². The van der Waals surface area contributed by atoms with E-state index in [2.05, 4.69) is 4.99 Å². The molecule has 0 aromatic heterocycles. The van der Waals surface area contributed by atoms with E-state index in [-0.39, 0.29) is 5.96 Å². The molecule has 0 aromatic rings. The molecule has 0 aliphatic heterocycles. The fourth-order valence-electron chi connectivity index (χ4n) is 0.445. The van der Waals surface area contributed by atoms with Gasteiger partial charge in [0, 0.05) is 13.6 Å². The summed E-state index contributed by atoms with van der Waals surface area (Å²) in [5.74, 6) is 0.166. The van der Waals surface area contributed by atoms with Gasteiger partial charge in [0.25, 0.3) is 0 Å². The first-order chi connectivity index (χ1) is 5.09. The molecule has 0 aliphatic rings. The van der Waals surface area contributed by atoms with E-state index in [4.69, 9.17) is 11.5 Å². The molecule has 0 rings (SSSR count). The van der Waals surface area contributed by atoms with Gasteiger partial charge in [-0.15, -0.1) is 0 Å². The number of carbonyl (C=O) groups is 1. The fourth-order valence-corrected chi connectivity index (χ4v) is 0.445. The highest BCUT2D eigenvalue weighted by Gasteiger charge is 2.05. The van der Waals surface area contributed by atoms with Crippen LogP contribution in [-0.4, -0.2) is 30.5 Å². The Kier molecular flexibility index (Phi) is 4.02. The van der Waals surface area contributed by atoms with Crippen LogP contribution in [-0.2, 0) is 0 Å². The van der Waals surface area contributed by atoms with Crippen molar-refractivity contribution in [1.82, 2.24) is 4.90 Å². The molecule has 5 heteroatoms. The molecule has 11 heavy (non-hydrogen) atoms. The maximum atomic E-state index is 10.5. The van der Waals surface area contributed by atoms with E-state index in [1.165, 1.54) is 7.05 Å². The summed E-state index contributed by atoms with van der Waals surface area (Å²) in [6.07, 6.45) is 0.896. The van der Waals surface area contributed by atoms with Crippen molar-refractivity contribution < 1.29 is 4.79 Å². The zero-order valence-corrected chi connectivity index (χ0v) is 6.87. The van der Waals surface area contributed by atoms with Gasteiger partial charge in [-0.3, -0.25) is 9.89 Å². The number of guanidine groups is 1. The van der Waals surface area contributed by atoms with Crippen LogP contribution in [0.5, 0.6) is 0 Å². The average Bonchev–Trinajstić information content (AvgIpc) is 1.98. The van der Waals surface area contributed by atoms with Crippen LogP contribution in [0.1, 0.15) is 13.3 Å². The standard InChI is InChI=1S/C6H14N4O/c1-3-4-9-5(7)10(2)6(8)11/h3-4H2,1-2H3,(H2,7,9)(H2,8,11). The lowest BCUT2D eigenvalue weighted by Crippen LogP contribution is -2.42. The molecule has 0 aromatic carbocycles. The molecule has 0 heterocycles. The van der Waals surface area contributed by atoms with Crippen LogP contribution in [0.3, 0.4) is 0 Å². The highest BCUT2D eigenvalue weighted by molar-refractivity contribution is 5.94. The quantitative estimate of drug-likeness (QED) is 0.428. The molecule has 0 atom stereocenters. The normalized spacial score (nSPS) is 11.3. The van der Waals surface area contributed by atoms with Crippen molar-refractivity contribution >= 4 is 12.0 Å². The van der Waals surface area contributed by atoms with Crippen LogP contribution in [0.15, 0.2) is 4.99 Å². The average molecular weight is 158 g/mol. The molecule has 0 saturated carbocycles. The van der Waals surface area contributed by atoms with Gasteiger partial charge in [0.15, 0.2) is 5.96 Å². The molecule has 0 spiro atoms. The lowest BCUT2D eigenvalue weighted by molar-refractivity contribution is 0.235. The number of primary amides is 1. The summed E-state index contributed by atoms with van der Waals surface area (Å²) in [4.78, 5) is 15.5. The Labute approximate surface area is 66.1 Å². The molecule has 5 nitrogen and oxygen atoms in total. The van der Waals surface area contributed by atoms with Gasteiger partial charge in [-0.1, -0.05) is 6.92 Å². The minimum atomic E-state index is -0.595. The topological polar surface area (TPSA) is 84.7 Å². The third-order valence-corrected chi connectivity index (χ3v) is 1.17. The van der Waals surface area contributed by atoms with Crippen LogP contribution in [0.25, 0.3) is 0 Å². The van der Waals surface area contributed by atoms with Gasteiger partial charge in [-0.2, -0.15) is 0 Å². The van der Waals surface area contributed by atoms with Crippen molar-refractivity contribution in [2.75, 3.05) is 13.6 Å². The van der Waals surface area contributed by atoms with Crippen LogP contribution in [0.2, 0.25) is 0 Å². The van der Waals surface area contributed by atoms with Crippen LogP contribution in [0.4, 0.5) is 4.79 Å². The number of nitrogens with two attached hydrogens (primary N) is 2. The van der Waals surface area contributed by atoms with Gasteiger partial charge >= 0.3 is 6.03 Å². The second-order valence-electron chi connectivity index (χ2n) is 2.14. The third kappa shape index (κ3) is 3.44. The van der Waals surface area contributed by atoms with E-state index >= 15 is 0 Å². The van der Waals surface area contributed by atoms with Crippen LogP contribution >= 0.6 is 0 Å². The second-order valence-corrected chi connectivity index (χ2v) is 2.14. The summed E-state index contributed by atoms with van der Waals surface area (Å²) in [6.45, 7) is 2.59. The van der Waals surface area contributed by atoms with E-state index in [1.807, 2.05) is 6.92 Å². The summed E-state index contributed by atoms with van der Waals surface area (Å²) in [6, 6.07) is -0.595. The van der Waals surface area contributed by atoms with Crippen molar-refractivity contribution in [1.29, 1.82) is 0 Å². The summed E-state index contributed by atoms with van der Waals surface area (Å²) >= 11 is 0. The highest BCUT2D eigenvalue weighted by atomic mass is 16.2. The van der Waals surface area contributed by atoms with E-state index in [0.717, 1.165) is 11.3 Å². The van der Waals surface area contributed by atoms with Crippen LogP contribution < -0.4 is 11.5 Å². The number of rotatable bonds is 2. The Balaban J connectivity index is 4.00. The Morgan fingerprint density at radius 3 is 2.45 bits per heavy atom. The van der Waals surface area contributed by atoms with E-state index < -0.39 is 6.03 Å². The zero-order valence-electron chi connectivity index (χ0n) is 6.87. The first kappa shape index (κ1) is 9.74. The van der Waals surface area contributed by atoms with Gasteiger partial charge in [0.1, 0.15) is 0 Å². The van der Waals surface area contributed by atoms with Crippen molar-refractivity contribution in [3.05, 3.63) is 0 Å². The summed E-state index contributed by atoms with van der Waals surface area (Å²) < 4.78 is 0. The molecular formula is C6H14N4O. The van der Waals surface area contributed by atoms with Crippen molar-refractivity contribution in [2.24, 2.45) is 16.5 Å². The number of carbonyl (C=O) groups excluding carboxylic acids is 1. The number of hydrogen-bond acceptors (Lipinski definition) is 2. The molecular weight excluding hydrogens is 144 g/mol. The maximum Gasteiger partial charge on any atom is 0.321 e. The smallest absolute Gasteiger partial charge is 0.321 e. The van der Waals surface area contributed by atoms with Crippen molar-refractivity contribution in [2.45, 2.75) is 13.3 Å². The second kappa shape index (κ2) is 4.54. The van der Waals surface area contributed by atoms with Crippen LogP contribution in [0, 0.1) is 0 Å².